The fourth-order valence-corrected chi connectivity index (χ4v) is 3.62. The Balaban J connectivity index is 2.22. The summed E-state index contributed by atoms with van der Waals surface area (Å²) in [6.07, 6.45) is 0. The number of sulfonamides is 1. The SMILES string of the molecule is CC(C)NS(=O)(=O)c1ccc(Cl)c(C(=O)NCc2ccccc2F)c1. The van der Waals surface area contributed by atoms with Crippen molar-refractivity contribution >= 4 is 27.5 Å². The molecule has 2 aromatic rings. The van der Waals surface area contributed by atoms with Crippen LogP contribution >= 0.6 is 11.6 Å². The van der Waals surface area contributed by atoms with Gasteiger partial charge in [-0.3, -0.25) is 4.79 Å². The van der Waals surface area contributed by atoms with E-state index in [2.05, 4.69) is 10.0 Å². The van der Waals surface area contributed by atoms with E-state index < -0.39 is 21.7 Å². The van der Waals surface area contributed by atoms with Crippen LogP contribution in [0.15, 0.2) is 47.4 Å². The molecule has 0 bridgehead atoms. The van der Waals surface area contributed by atoms with Crippen molar-refractivity contribution in [2.75, 3.05) is 0 Å². The van der Waals surface area contributed by atoms with Crippen LogP contribution in [0.25, 0.3) is 0 Å². The minimum absolute atomic E-state index is 0.00429. The second-order valence-electron chi connectivity index (χ2n) is 5.69. The molecule has 0 atom stereocenters. The van der Waals surface area contributed by atoms with Crippen molar-refractivity contribution in [3.05, 3.63) is 64.4 Å². The van der Waals surface area contributed by atoms with Crippen LogP contribution in [0.5, 0.6) is 0 Å². The Morgan fingerprint density at radius 1 is 1.20 bits per heavy atom. The van der Waals surface area contributed by atoms with E-state index in [1.807, 2.05) is 0 Å². The van der Waals surface area contributed by atoms with E-state index in [4.69, 9.17) is 11.6 Å². The van der Waals surface area contributed by atoms with E-state index in [0.29, 0.717) is 5.56 Å². The van der Waals surface area contributed by atoms with Gasteiger partial charge in [-0.1, -0.05) is 29.8 Å². The summed E-state index contributed by atoms with van der Waals surface area (Å²) in [7, 11) is -3.75. The van der Waals surface area contributed by atoms with Crippen molar-refractivity contribution in [3.63, 3.8) is 0 Å². The molecule has 0 radical (unpaired) electrons. The standard InChI is InChI=1S/C17H18ClFN2O3S/c1-11(2)21-25(23,24)13-7-8-15(18)14(9-13)17(22)20-10-12-5-3-4-6-16(12)19/h3-9,11,21H,10H2,1-2H3,(H,20,22). The molecule has 2 rings (SSSR count). The average molecular weight is 385 g/mol. The molecule has 8 heteroatoms. The summed E-state index contributed by atoms with van der Waals surface area (Å²) in [5.41, 5.74) is 0.321. The summed E-state index contributed by atoms with van der Waals surface area (Å²) >= 11 is 6.01. The van der Waals surface area contributed by atoms with Crippen molar-refractivity contribution in [2.24, 2.45) is 0 Å². The highest BCUT2D eigenvalue weighted by molar-refractivity contribution is 7.89. The third-order valence-electron chi connectivity index (χ3n) is 3.28. The van der Waals surface area contributed by atoms with Gasteiger partial charge in [0.25, 0.3) is 5.91 Å². The van der Waals surface area contributed by atoms with Crippen LogP contribution < -0.4 is 10.0 Å². The first-order valence-corrected chi connectivity index (χ1v) is 9.40. The summed E-state index contributed by atoms with van der Waals surface area (Å²) in [6.45, 7) is 3.34. The molecule has 0 saturated carbocycles. The Hall–Kier alpha value is -1.96. The van der Waals surface area contributed by atoms with Crippen molar-refractivity contribution in [3.8, 4) is 0 Å². The molecule has 2 aromatic carbocycles. The van der Waals surface area contributed by atoms with Crippen LogP contribution in [0.1, 0.15) is 29.8 Å². The van der Waals surface area contributed by atoms with Crippen molar-refractivity contribution < 1.29 is 17.6 Å². The molecule has 0 fully saturated rings. The number of halogens is 2. The predicted octanol–water partition coefficient (Wildman–Crippen LogP) is 3.10. The molecule has 0 aliphatic heterocycles. The second kappa shape index (κ2) is 7.95. The zero-order valence-electron chi connectivity index (χ0n) is 13.7. The van der Waals surface area contributed by atoms with E-state index >= 15 is 0 Å². The molecule has 1 amide bonds. The van der Waals surface area contributed by atoms with Crippen LogP contribution in [0.4, 0.5) is 4.39 Å². The molecule has 5 nitrogen and oxygen atoms in total. The minimum Gasteiger partial charge on any atom is -0.348 e. The van der Waals surface area contributed by atoms with E-state index in [1.54, 1.807) is 32.0 Å². The van der Waals surface area contributed by atoms with Gasteiger partial charge in [0, 0.05) is 18.2 Å². The van der Waals surface area contributed by atoms with Gasteiger partial charge in [0.1, 0.15) is 5.82 Å². The number of benzene rings is 2. The monoisotopic (exact) mass is 384 g/mol. The molecular weight excluding hydrogens is 367 g/mol. The van der Waals surface area contributed by atoms with Crippen molar-refractivity contribution in [1.29, 1.82) is 0 Å². The quantitative estimate of drug-likeness (QED) is 0.803. The molecule has 0 saturated heterocycles. The smallest absolute Gasteiger partial charge is 0.253 e. The van der Waals surface area contributed by atoms with E-state index in [0.717, 1.165) is 0 Å². The summed E-state index contributed by atoms with van der Waals surface area (Å²) in [5.74, 6) is -1.03. The van der Waals surface area contributed by atoms with Crippen LogP contribution in [0.3, 0.4) is 0 Å². The second-order valence-corrected chi connectivity index (χ2v) is 7.81. The third kappa shape index (κ3) is 5.01. The minimum atomic E-state index is -3.75. The summed E-state index contributed by atoms with van der Waals surface area (Å²) in [5, 5.41) is 2.64. The Morgan fingerprint density at radius 3 is 2.52 bits per heavy atom. The molecule has 0 aliphatic carbocycles. The van der Waals surface area contributed by atoms with Gasteiger partial charge in [0.15, 0.2) is 0 Å². The first-order valence-electron chi connectivity index (χ1n) is 7.54. The van der Waals surface area contributed by atoms with Crippen molar-refractivity contribution in [1.82, 2.24) is 10.0 Å². The van der Waals surface area contributed by atoms with Gasteiger partial charge in [0.05, 0.1) is 15.5 Å². The molecule has 134 valence electrons. The van der Waals surface area contributed by atoms with Crippen LogP contribution in [-0.4, -0.2) is 20.4 Å². The van der Waals surface area contributed by atoms with E-state index in [1.165, 1.54) is 24.3 Å². The van der Waals surface area contributed by atoms with Gasteiger partial charge in [-0.05, 0) is 38.1 Å². The lowest BCUT2D eigenvalue weighted by Crippen LogP contribution is -2.30. The third-order valence-corrected chi connectivity index (χ3v) is 5.27. The highest BCUT2D eigenvalue weighted by Gasteiger charge is 2.19. The topological polar surface area (TPSA) is 75.3 Å². The van der Waals surface area contributed by atoms with Crippen LogP contribution in [0.2, 0.25) is 5.02 Å². The highest BCUT2D eigenvalue weighted by atomic mass is 35.5. The van der Waals surface area contributed by atoms with Gasteiger partial charge >= 0.3 is 0 Å². The molecule has 0 spiro atoms. The Labute approximate surface area is 151 Å². The number of carbonyl (C=O) groups is 1. The number of hydrogen-bond acceptors (Lipinski definition) is 3. The molecule has 0 aromatic heterocycles. The Bertz CT molecular complexity index is 885. The number of carbonyl (C=O) groups excluding carboxylic acids is 1. The maximum Gasteiger partial charge on any atom is 0.253 e. The molecule has 0 heterocycles. The van der Waals surface area contributed by atoms with Gasteiger partial charge in [-0.15, -0.1) is 0 Å². The summed E-state index contributed by atoms with van der Waals surface area (Å²) in [6, 6.07) is 9.61. The first kappa shape index (κ1) is 19.4. The van der Waals surface area contributed by atoms with Gasteiger partial charge in [-0.25, -0.2) is 17.5 Å². The predicted molar refractivity (Wildman–Crippen MR) is 94.5 cm³/mol. The number of amides is 1. The van der Waals surface area contributed by atoms with Gasteiger partial charge < -0.3 is 5.32 Å². The molecule has 0 unspecified atom stereocenters. The first-order chi connectivity index (χ1) is 11.7. The Kier molecular flexibility index (Phi) is 6.16. The lowest BCUT2D eigenvalue weighted by Gasteiger charge is -2.12. The zero-order valence-corrected chi connectivity index (χ0v) is 15.3. The normalized spacial score (nSPS) is 11.6. The average Bonchev–Trinajstić information content (AvgIpc) is 2.53. The van der Waals surface area contributed by atoms with Gasteiger partial charge in [0.2, 0.25) is 10.0 Å². The molecular formula is C17H18ClFN2O3S. The lowest BCUT2D eigenvalue weighted by atomic mass is 10.2. The summed E-state index contributed by atoms with van der Waals surface area (Å²) in [4.78, 5) is 12.3. The van der Waals surface area contributed by atoms with Crippen LogP contribution in [0, 0.1) is 5.82 Å². The summed E-state index contributed by atoms with van der Waals surface area (Å²) < 4.78 is 40.5. The fourth-order valence-electron chi connectivity index (χ4n) is 2.14. The van der Waals surface area contributed by atoms with E-state index in [9.17, 15) is 17.6 Å². The lowest BCUT2D eigenvalue weighted by molar-refractivity contribution is 0.0950. The largest absolute Gasteiger partial charge is 0.348 e. The molecule has 0 aliphatic rings. The number of hydrogen-bond donors (Lipinski definition) is 2. The maximum absolute atomic E-state index is 13.6. The Morgan fingerprint density at radius 2 is 1.88 bits per heavy atom. The van der Waals surface area contributed by atoms with Crippen LogP contribution in [-0.2, 0) is 16.6 Å². The van der Waals surface area contributed by atoms with Gasteiger partial charge in [-0.2, -0.15) is 0 Å². The highest BCUT2D eigenvalue weighted by Crippen LogP contribution is 2.21. The number of nitrogens with one attached hydrogen (secondary N) is 2. The zero-order chi connectivity index (χ0) is 18.6. The molecule has 2 N–H and O–H groups in total. The fraction of sp³-hybridized carbons (Fsp3) is 0.235. The van der Waals surface area contributed by atoms with Crippen molar-refractivity contribution in [2.45, 2.75) is 31.3 Å². The maximum atomic E-state index is 13.6. The number of rotatable bonds is 6. The molecule has 25 heavy (non-hydrogen) atoms. The van der Waals surface area contributed by atoms with E-state index in [-0.39, 0.29) is 28.1 Å².